The predicted octanol–water partition coefficient (Wildman–Crippen LogP) is 3.69. The number of quaternary nitrogens is 1. The average Bonchev–Trinajstić information content (AvgIpc) is 2.96. The van der Waals surface area contributed by atoms with Gasteiger partial charge in [-0.15, -0.1) is 11.3 Å². The zero-order chi connectivity index (χ0) is 15.7. The maximum absolute atomic E-state index is 13.4. The zero-order valence-corrected chi connectivity index (χ0v) is 13.7. The van der Waals surface area contributed by atoms with Gasteiger partial charge in [-0.05, 0) is 17.5 Å². The maximum atomic E-state index is 13.4. The standard InChI is InChI=1S/C16H16ClNO3S/c1-21-16(19)15(12-4-2-3-5-13(12)17)18(20)8-6-14-11(10-18)7-9-22-14/h2-5,7,9,15H,6,8,10H2,1H3/t15-,18-/m0/s1. The van der Waals surface area contributed by atoms with Crippen molar-refractivity contribution in [3.05, 3.63) is 61.9 Å². The summed E-state index contributed by atoms with van der Waals surface area (Å²) in [6, 6.07) is 7.99. The maximum Gasteiger partial charge on any atom is 0.370 e. The van der Waals surface area contributed by atoms with Crippen molar-refractivity contribution in [1.29, 1.82) is 0 Å². The molecular weight excluding hydrogens is 322 g/mol. The van der Waals surface area contributed by atoms with E-state index in [0.29, 0.717) is 23.6 Å². The number of hydroxylamine groups is 3. The second kappa shape index (κ2) is 6.01. The summed E-state index contributed by atoms with van der Waals surface area (Å²) < 4.78 is 4.25. The van der Waals surface area contributed by atoms with Crippen LogP contribution in [0.15, 0.2) is 35.7 Å². The molecule has 0 amide bonds. The summed E-state index contributed by atoms with van der Waals surface area (Å²) in [5.41, 5.74) is 1.55. The highest BCUT2D eigenvalue weighted by Crippen LogP contribution is 2.39. The van der Waals surface area contributed by atoms with Gasteiger partial charge in [0.1, 0.15) is 6.54 Å². The van der Waals surface area contributed by atoms with Crippen molar-refractivity contribution in [2.24, 2.45) is 0 Å². The molecule has 1 aromatic carbocycles. The molecule has 1 aromatic heterocycles. The van der Waals surface area contributed by atoms with Gasteiger partial charge in [0.25, 0.3) is 0 Å². The first-order chi connectivity index (χ1) is 10.5. The minimum atomic E-state index is -0.952. The normalized spacial score (nSPS) is 22.0. The van der Waals surface area contributed by atoms with Crippen LogP contribution >= 0.6 is 22.9 Å². The molecular formula is C16H16ClNO3S. The number of thiophene rings is 1. The molecule has 22 heavy (non-hydrogen) atoms. The molecule has 0 aliphatic carbocycles. The predicted molar refractivity (Wildman–Crippen MR) is 86.4 cm³/mol. The lowest BCUT2D eigenvalue weighted by Crippen LogP contribution is -2.51. The van der Waals surface area contributed by atoms with E-state index in [0.717, 1.165) is 5.56 Å². The third kappa shape index (κ3) is 2.65. The fourth-order valence-corrected chi connectivity index (χ4v) is 4.12. The Morgan fingerprint density at radius 1 is 1.41 bits per heavy atom. The second-order valence-electron chi connectivity index (χ2n) is 5.40. The largest absolute Gasteiger partial charge is 0.632 e. The van der Waals surface area contributed by atoms with Crippen molar-refractivity contribution in [3.63, 3.8) is 0 Å². The van der Waals surface area contributed by atoms with Crippen LogP contribution in [-0.4, -0.2) is 24.3 Å². The Bertz CT molecular complexity index is 702. The lowest BCUT2D eigenvalue weighted by Gasteiger charge is -2.49. The Balaban J connectivity index is 2.04. The van der Waals surface area contributed by atoms with Gasteiger partial charge in [-0.1, -0.05) is 29.8 Å². The Morgan fingerprint density at radius 2 is 2.18 bits per heavy atom. The molecule has 2 aromatic rings. The summed E-state index contributed by atoms with van der Waals surface area (Å²) in [7, 11) is 1.30. The molecule has 1 aliphatic rings. The molecule has 1 aliphatic heterocycles. The van der Waals surface area contributed by atoms with E-state index in [4.69, 9.17) is 16.3 Å². The first-order valence-corrected chi connectivity index (χ1v) is 8.26. The van der Waals surface area contributed by atoms with E-state index >= 15 is 0 Å². The topological polar surface area (TPSA) is 49.4 Å². The van der Waals surface area contributed by atoms with Gasteiger partial charge in [-0.2, -0.15) is 0 Å². The van der Waals surface area contributed by atoms with E-state index in [-0.39, 0.29) is 6.54 Å². The summed E-state index contributed by atoms with van der Waals surface area (Å²) in [5, 5.41) is 15.8. The molecule has 0 saturated heterocycles. The fraction of sp³-hybridized carbons (Fsp3) is 0.312. The molecule has 0 saturated carbocycles. The van der Waals surface area contributed by atoms with Crippen LogP contribution in [-0.2, 0) is 22.5 Å². The van der Waals surface area contributed by atoms with Crippen LogP contribution in [0.1, 0.15) is 22.0 Å². The monoisotopic (exact) mass is 337 g/mol. The number of halogens is 1. The summed E-state index contributed by atoms with van der Waals surface area (Å²) >= 11 is 7.89. The SMILES string of the molecule is COC(=O)[C@H](c1ccccc1Cl)[N@+]1([O-])CCc2sccc2C1. The first kappa shape index (κ1) is 15.5. The molecule has 0 fully saturated rings. The molecule has 2 heterocycles. The van der Waals surface area contributed by atoms with Gasteiger partial charge in [-0.3, -0.25) is 0 Å². The third-order valence-corrected chi connectivity index (χ3v) is 5.46. The van der Waals surface area contributed by atoms with Crippen molar-refractivity contribution in [1.82, 2.24) is 0 Å². The van der Waals surface area contributed by atoms with Gasteiger partial charge in [0, 0.05) is 22.4 Å². The number of carbonyl (C=O) groups is 1. The highest BCUT2D eigenvalue weighted by atomic mass is 35.5. The third-order valence-electron chi connectivity index (χ3n) is 4.09. The van der Waals surface area contributed by atoms with Crippen LogP contribution in [0.25, 0.3) is 0 Å². The van der Waals surface area contributed by atoms with Crippen molar-refractivity contribution in [2.45, 2.75) is 19.0 Å². The number of hydrogen-bond donors (Lipinski definition) is 0. The van der Waals surface area contributed by atoms with Crippen molar-refractivity contribution in [3.8, 4) is 0 Å². The molecule has 0 N–H and O–H groups in total. The fourth-order valence-electron chi connectivity index (χ4n) is 2.99. The summed E-state index contributed by atoms with van der Waals surface area (Å²) in [6.45, 7) is 0.613. The van der Waals surface area contributed by atoms with E-state index in [1.54, 1.807) is 35.6 Å². The summed E-state index contributed by atoms with van der Waals surface area (Å²) in [6.07, 6.45) is 0.675. The van der Waals surface area contributed by atoms with Gasteiger partial charge in [0.05, 0.1) is 18.7 Å². The Morgan fingerprint density at radius 3 is 2.91 bits per heavy atom. The van der Waals surface area contributed by atoms with Crippen molar-refractivity contribution >= 4 is 28.9 Å². The zero-order valence-electron chi connectivity index (χ0n) is 12.1. The van der Waals surface area contributed by atoms with E-state index < -0.39 is 16.7 Å². The van der Waals surface area contributed by atoms with Crippen molar-refractivity contribution in [2.75, 3.05) is 13.7 Å². The number of nitrogens with zero attached hydrogens (tertiary/aromatic N) is 1. The summed E-state index contributed by atoms with van der Waals surface area (Å²) in [4.78, 5) is 13.6. The van der Waals surface area contributed by atoms with Crippen LogP contribution < -0.4 is 0 Å². The molecule has 3 rings (SSSR count). The minimum absolute atomic E-state index is 0.268. The van der Waals surface area contributed by atoms with Crippen LogP contribution in [0.5, 0.6) is 0 Å². The number of methoxy groups -OCH3 is 1. The van der Waals surface area contributed by atoms with E-state index in [9.17, 15) is 10.0 Å². The van der Waals surface area contributed by atoms with Gasteiger partial charge in [0.2, 0.25) is 6.04 Å². The molecule has 116 valence electrons. The average molecular weight is 338 g/mol. The van der Waals surface area contributed by atoms with Gasteiger partial charge in [-0.25, -0.2) is 4.79 Å². The number of esters is 1. The smallest absolute Gasteiger partial charge is 0.370 e. The molecule has 0 radical (unpaired) electrons. The highest BCUT2D eigenvalue weighted by molar-refractivity contribution is 7.10. The summed E-state index contributed by atoms with van der Waals surface area (Å²) in [5.74, 6) is -0.540. The van der Waals surface area contributed by atoms with Crippen LogP contribution in [0, 0.1) is 5.21 Å². The van der Waals surface area contributed by atoms with Crippen LogP contribution in [0.4, 0.5) is 0 Å². The second-order valence-corrected chi connectivity index (χ2v) is 6.81. The number of benzene rings is 1. The lowest BCUT2D eigenvalue weighted by atomic mass is 10.00. The molecule has 0 bridgehead atoms. The van der Waals surface area contributed by atoms with Crippen LogP contribution in [0.2, 0.25) is 5.02 Å². The van der Waals surface area contributed by atoms with E-state index in [2.05, 4.69) is 0 Å². The van der Waals surface area contributed by atoms with E-state index in [1.807, 2.05) is 11.4 Å². The molecule has 2 atom stereocenters. The van der Waals surface area contributed by atoms with Crippen molar-refractivity contribution < 1.29 is 14.2 Å². The number of fused-ring (bicyclic) bond motifs is 1. The lowest BCUT2D eigenvalue weighted by molar-refractivity contribution is -0.917. The molecule has 0 unspecified atom stereocenters. The molecule has 6 heteroatoms. The minimum Gasteiger partial charge on any atom is -0.632 e. The molecule has 0 spiro atoms. The van der Waals surface area contributed by atoms with Gasteiger partial charge in [0.15, 0.2) is 0 Å². The number of ether oxygens (including phenoxy) is 1. The number of hydrogen-bond acceptors (Lipinski definition) is 4. The Hall–Kier alpha value is -1.40. The molecule has 4 nitrogen and oxygen atoms in total. The van der Waals surface area contributed by atoms with Gasteiger partial charge < -0.3 is 14.6 Å². The van der Waals surface area contributed by atoms with Crippen LogP contribution in [0.3, 0.4) is 0 Å². The highest BCUT2D eigenvalue weighted by Gasteiger charge is 2.41. The number of carbonyl (C=O) groups excluding carboxylic acids is 1. The Labute approximate surface area is 138 Å². The van der Waals surface area contributed by atoms with Gasteiger partial charge >= 0.3 is 5.97 Å². The van der Waals surface area contributed by atoms with E-state index in [1.165, 1.54) is 12.0 Å². The Kier molecular flexibility index (Phi) is 4.23. The quantitative estimate of drug-likeness (QED) is 0.487. The first-order valence-electron chi connectivity index (χ1n) is 7.00. The number of rotatable bonds is 3.